The number of hydrogen-bond acceptors (Lipinski definition) is 8. The minimum absolute atomic E-state index is 0.0205. The molecule has 2 aromatic rings. The van der Waals surface area contributed by atoms with E-state index < -0.39 is 59.9 Å². The number of nitrogens with two attached hydrogens (primary N) is 2. The number of nitrogens with one attached hydrogen (secondary N) is 4. The molecule has 5 unspecified atom stereocenters. The van der Waals surface area contributed by atoms with E-state index in [1.54, 1.807) is 30.3 Å². The number of carboxylic acids is 1. The molecule has 0 aliphatic heterocycles. The topological polar surface area (TPSA) is 243 Å². The van der Waals surface area contributed by atoms with Gasteiger partial charge in [0.1, 0.15) is 18.1 Å². The van der Waals surface area contributed by atoms with Crippen molar-refractivity contribution in [2.75, 3.05) is 0 Å². The first-order chi connectivity index (χ1) is 18.0. The van der Waals surface area contributed by atoms with Crippen LogP contribution in [0.4, 0.5) is 0 Å². The molecular weight excluding hydrogens is 498 g/mol. The summed E-state index contributed by atoms with van der Waals surface area (Å²) in [5, 5.41) is 26.9. The number of aliphatic hydroxyl groups is 1. The molecule has 1 aromatic heterocycles. The normalized spacial score (nSPS) is 14.8. The Hall–Kier alpha value is -4.30. The third kappa shape index (κ3) is 9.63. The number of carbonyl (C=O) groups excluding carboxylic acids is 4. The van der Waals surface area contributed by atoms with Crippen molar-refractivity contribution in [1.29, 1.82) is 0 Å². The van der Waals surface area contributed by atoms with Crippen LogP contribution < -0.4 is 27.4 Å². The maximum Gasteiger partial charge on any atom is 0.326 e. The lowest BCUT2D eigenvalue weighted by molar-refractivity contribution is -0.143. The molecule has 14 nitrogen and oxygen atoms in total. The smallest absolute Gasteiger partial charge is 0.326 e. The summed E-state index contributed by atoms with van der Waals surface area (Å²) < 4.78 is 0. The van der Waals surface area contributed by atoms with Gasteiger partial charge in [0.05, 0.1) is 18.5 Å². The molecule has 0 saturated heterocycles. The van der Waals surface area contributed by atoms with Crippen LogP contribution in [0.1, 0.15) is 31.0 Å². The standard InChI is InChI=1S/C24H33N7O7/c1-13(32)20(23(36)30-18(24(37)38)10-15-11-27-12-28-15)31-22(35)17(9-14-5-3-2-4-6-14)29-21(34)16(25)7-8-19(26)33/h2-6,11-13,16-18,20,32H,7-10,25H2,1H3,(H2,26,33)(H,27,28)(H,29,34)(H,30,36)(H,31,35)(H,37,38). The number of primary amides is 1. The van der Waals surface area contributed by atoms with Crippen molar-refractivity contribution in [1.82, 2.24) is 25.9 Å². The van der Waals surface area contributed by atoms with Gasteiger partial charge in [0, 0.05) is 31.2 Å². The van der Waals surface area contributed by atoms with Crippen LogP contribution in [-0.2, 0) is 36.8 Å². The number of carbonyl (C=O) groups is 5. The van der Waals surface area contributed by atoms with Gasteiger partial charge in [-0.1, -0.05) is 30.3 Å². The molecule has 0 aliphatic rings. The SMILES string of the molecule is CC(O)C(NC(=O)C(Cc1ccccc1)NC(=O)C(N)CCC(N)=O)C(=O)NC(Cc1cnc[nH]1)C(=O)O. The lowest BCUT2D eigenvalue weighted by Crippen LogP contribution is -2.60. The highest BCUT2D eigenvalue weighted by atomic mass is 16.4. The number of hydrogen-bond donors (Lipinski definition) is 8. The number of rotatable bonds is 15. The maximum absolute atomic E-state index is 13.2. The Kier molecular flexibility index (Phi) is 11.4. The molecule has 0 radical (unpaired) electrons. The molecule has 206 valence electrons. The fraction of sp³-hybridized carbons (Fsp3) is 0.417. The van der Waals surface area contributed by atoms with E-state index in [9.17, 15) is 34.2 Å². The van der Waals surface area contributed by atoms with Crippen LogP contribution >= 0.6 is 0 Å². The van der Waals surface area contributed by atoms with E-state index in [1.165, 1.54) is 19.4 Å². The molecule has 1 heterocycles. The lowest BCUT2D eigenvalue weighted by Gasteiger charge is -2.26. The van der Waals surface area contributed by atoms with Gasteiger partial charge in [-0.2, -0.15) is 0 Å². The third-order valence-corrected chi connectivity index (χ3v) is 5.61. The van der Waals surface area contributed by atoms with Crippen molar-refractivity contribution in [2.45, 2.75) is 62.9 Å². The van der Waals surface area contributed by atoms with E-state index in [0.29, 0.717) is 11.3 Å². The van der Waals surface area contributed by atoms with Crippen molar-refractivity contribution in [3.8, 4) is 0 Å². The van der Waals surface area contributed by atoms with Crippen LogP contribution in [0.25, 0.3) is 0 Å². The number of H-pyrrole nitrogens is 1. The summed E-state index contributed by atoms with van der Waals surface area (Å²) in [5.41, 5.74) is 12.1. The monoisotopic (exact) mass is 531 g/mol. The van der Waals surface area contributed by atoms with Crippen LogP contribution in [0.3, 0.4) is 0 Å². The molecule has 0 spiro atoms. The van der Waals surface area contributed by atoms with E-state index in [-0.39, 0.29) is 25.7 Å². The summed E-state index contributed by atoms with van der Waals surface area (Å²) in [6.45, 7) is 1.25. The Balaban J connectivity index is 2.16. The first kappa shape index (κ1) is 29.9. The van der Waals surface area contributed by atoms with Gasteiger partial charge in [0.2, 0.25) is 23.6 Å². The van der Waals surface area contributed by atoms with Crippen LogP contribution in [-0.4, -0.2) is 80.1 Å². The Labute approximate surface area is 218 Å². The Morgan fingerprint density at radius 2 is 1.63 bits per heavy atom. The molecule has 4 amide bonds. The molecule has 0 saturated carbocycles. The van der Waals surface area contributed by atoms with Crippen LogP contribution in [0, 0.1) is 0 Å². The first-order valence-corrected chi connectivity index (χ1v) is 11.8. The third-order valence-electron chi connectivity index (χ3n) is 5.61. The van der Waals surface area contributed by atoms with Crippen LogP contribution in [0.5, 0.6) is 0 Å². The molecule has 10 N–H and O–H groups in total. The molecule has 5 atom stereocenters. The van der Waals surface area contributed by atoms with Gasteiger partial charge in [-0.3, -0.25) is 19.2 Å². The zero-order valence-corrected chi connectivity index (χ0v) is 20.8. The summed E-state index contributed by atoms with van der Waals surface area (Å²) in [5.74, 6) is -4.44. The van der Waals surface area contributed by atoms with Gasteiger partial charge >= 0.3 is 5.97 Å². The first-order valence-electron chi connectivity index (χ1n) is 11.8. The average molecular weight is 532 g/mol. The van der Waals surface area contributed by atoms with Gasteiger partial charge in [-0.15, -0.1) is 0 Å². The average Bonchev–Trinajstić information content (AvgIpc) is 3.38. The minimum atomic E-state index is -1.54. The highest BCUT2D eigenvalue weighted by Gasteiger charge is 2.33. The van der Waals surface area contributed by atoms with Gasteiger partial charge in [-0.05, 0) is 18.9 Å². The van der Waals surface area contributed by atoms with E-state index in [0.717, 1.165) is 0 Å². The van der Waals surface area contributed by atoms with Gasteiger partial charge < -0.3 is 42.6 Å². The Morgan fingerprint density at radius 3 is 2.18 bits per heavy atom. The fourth-order valence-electron chi connectivity index (χ4n) is 3.50. The van der Waals surface area contributed by atoms with Gasteiger partial charge in [0.15, 0.2) is 0 Å². The largest absolute Gasteiger partial charge is 0.480 e. The van der Waals surface area contributed by atoms with Crippen molar-refractivity contribution < 1.29 is 34.2 Å². The number of aromatic nitrogens is 2. The van der Waals surface area contributed by atoms with E-state index in [2.05, 4.69) is 25.9 Å². The van der Waals surface area contributed by atoms with Gasteiger partial charge in [0.25, 0.3) is 0 Å². The fourth-order valence-corrected chi connectivity index (χ4v) is 3.50. The summed E-state index contributed by atoms with van der Waals surface area (Å²) >= 11 is 0. The van der Waals surface area contributed by atoms with Crippen LogP contribution in [0.2, 0.25) is 0 Å². The molecular formula is C24H33N7O7. The second kappa shape index (κ2) is 14.4. The summed E-state index contributed by atoms with van der Waals surface area (Å²) in [4.78, 5) is 68.0. The number of aromatic amines is 1. The van der Waals surface area contributed by atoms with Crippen molar-refractivity contribution in [3.05, 3.63) is 54.1 Å². The summed E-state index contributed by atoms with van der Waals surface area (Å²) in [7, 11) is 0. The highest BCUT2D eigenvalue weighted by Crippen LogP contribution is 2.07. The zero-order chi connectivity index (χ0) is 28.2. The molecule has 0 aliphatic carbocycles. The lowest BCUT2D eigenvalue weighted by atomic mass is 10.0. The number of aliphatic hydroxyl groups excluding tert-OH is 1. The van der Waals surface area contributed by atoms with Gasteiger partial charge in [-0.25, -0.2) is 9.78 Å². The summed E-state index contributed by atoms with van der Waals surface area (Å²) in [6.07, 6.45) is 1.09. The Morgan fingerprint density at radius 1 is 0.974 bits per heavy atom. The molecule has 14 heteroatoms. The Bertz CT molecular complexity index is 1090. The second-order valence-corrected chi connectivity index (χ2v) is 8.77. The quantitative estimate of drug-likeness (QED) is 0.123. The second-order valence-electron chi connectivity index (χ2n) is 8.77. The predicted molar refractivity (Wildman–Crippen MR) is 134 cm³/mol. The van der Waals surface area contributed by atoms with Crippen molar-refractivity contribution >= 4 is 29.6 Å². The van der Waals surface area contributed by atoms with Crippen molar-refractivity contribution in [2.24, 2.45) is 11.5 Å². The number of amides is 4. The maximum atomic E-state index is 13.2. The zero-order valence-electron chi connectivity index (χ0n) is 20.8. The molecule has 0 bridgehead atoms. The number of nitrogens with zero attached hydrogens (tertiary/aromatic N) is 1. The number of benzene rings is 1. The number of imidazole rings is 1. The minimum Gasteiger partial charge on any atom is -0.480 e. The molecule has 2 rings (SSSR count). The predicted octanol–water partition coefficient (Wildman–Crippen LogP) is -2.29. The van der Waals surface area contributed by atoms with E-state index in [1.807, 2.05) is 0 Å². The number of aliphatic carboxylic acids is 1. The molecule has 1 aromatic carbocycles. The number of carboxylic acid groups (broad SMARTS) is 1. The van der Waals surface area contributed by atoms with E-state index >= 15 is 0 Å². The van der Waals surface area contributed by atoms with Crippen LogP contribution in [0.15, 0.2) is 42.9 Å². The molecule has 38 heavy (non-hydrogen) atoms. The molecule has 0 fully saturated rings. The van der Waals surface area contributed by atoms with Crippen molar-refractivity contribution in [3.63, 3.8) is 0 Å². The van der Waals surface area contributed by atoms with E-state index in [4.69, 9.17) is 11.5 Å². The summed E-state index contributed by atoms with van der Waals surface area (Å²) in [6, 6.07) is 3.46. The highest BCUT2D eigenvalue weighted by molar-refractivity contribution is 5.94.